The molecule has 1 aromatic heterocycles. The van der Waals surface area contributed by atoms with Gasteiger partial charge in [-0.15, -0.1) is 12.4 Å². The number of alkyl halides is 3. The number of halogens is 5. The molecule has 2 aromatic rings. The molecule has 1 N–H and O–H groups in total. The smallest absolute Gasteiger partial charge is 0.337 e. The van der Waals surface area contributed by atoms with Crippen molar-refractivity contribution in [2.45, 2.75) is 18.6 Å². The largest absolute Gasteiger partial charge is 0.434 e. The van der Waals surface area contributed by atoms with E-state index in [0.29, 0.717) is 18.0 Å². The van der Waals surface area contributed by atoms with Crippen LogP contribution < -0.4 is 5.32 Å². The van der Waals surface area contributed by atoms with E-state index in [-0.39, 0.29) is 24.1 Å². The predicted octanol–water partition coefficient (Wildman–Crippen LogP) is 3.40. The first-order valence-electron chi connectivity index (χ1n) is 7.68. The summed E-state index contributed by atoms with van der Waals surface area (Å²) in [5.74, 6) is -0.693. The fourth-order valence-electron chi connectivity index (χ4n) is 2.88. The van der Waals surface area contributed by atoms with Gasteiger partial charge in [0.1, 0.15) is 0 Å². The molecule has 1 aliphatic heterocycles. The minimum absolute atomic E-state index is 0. The van der Waals surface area contributed by atoms with Gasteiger partial charge in [0.25, 0.3) is 5.91 Å². The second kappa shape index (κ2) is 7.85. The van der Waals surface area contributed by atoms with Crippen LogP contribution >= 0.6 is 24.0 Å². The van der Waals surface area contributed by atoms with Crippen LogP contribution in [0.1, 0.15) is 22.5 Å². The van der Waals surface area contributed by atoms with Gasteiger partial charge in [0.15, 0.2) is 5.69 Å². The number of rotatable bonds is 3. The summed E-state index contributed by atoms with van der Waals surface area (Å²) >= 11 is 5.78. The van der Waals surface area contributed by atoms with Gasteiger partial charge in [-0.1, -0.05) is 11.6 Å². The molecule has 2 heterocycles. The maximum atomic E-state index is 13.6. The average molecular weight is 409 g/mol. The van der Waals surface area contributed by atoms with Crippen molar-refractivity contribution in [3.63, 3.8) is 0 Å². The number of amides is 1. The van der Waals surface area contributed by atoms with Crippen molar-refractivity contribution in [1.82, 2.24) is 20.0 Å². The van der Waals surface area contributed by atoms with Crippen LogP contribution in [0, 0.1) is 0 Å². The molecule has 0 bridgehead atoms. The molecule has 26 heavy (non-hydrogen) atoms. The zero-order chi connectivity index (χ0) is 18.2. The molecule has 1 unspecified atom stereocenters. The van der Waals surface area contributed by atoms with Crippen molar-refractivity contribution in [2.75, 3.05) is 20.1 Å². The Balaban J connectivity index is 0.00000243. The molecular weight excluding hydrogens is 392 g/mol. The summed E-state index contributed by atoms with van der Waals surface area (Å²) in [6.07, 6.45) is -3.05. The zero-order valence-corrected chi connectivity index (χ0v) is 15.3. The van der Waals surface area contributed by atoms with Crippen molar-refractivity contribution < 1.29 is 18.0 Å². The van der Waals surface area contributed by atoms with Gasteiger partial charge >= 0.3 is 6.18 Å². The summed E-state index contributed by atoms with van der Waals surface area (Å²) in [6.45, 7) is 1.30. The minimum Gasteiger partial charge on any atom is -0.337 e. The molecule has 1 aliphatic rings. The third-order valence-corrected chi connectivity index (χ3v) is 4.49. The van der Waals surface area contributed by atoms with Crippen molar-refractivity contribution >= 4 is 29.9 Å². The van der Waals surface area contributed by atoms with E-state index in [1.807, 2.05) is 0 Å². The summed E-state index contributed by atoms with van der Waals surface area (Å²) in [5.41, 5.74) is -1.37. The Kier molecular flexibility index (Phi) is 6.21. The molecule has 0 spiro atoms. The number of likely N-dealkylation sites (N-methyl/N-ethyl adjacent to an activating group) is 1. The summed E-state index contributed by atoms with van der Waals surface area (Å²) in [4.78, 5) is 14.0. The highest BCUT2D eigenvalue weighted by Gasteiger charge is 2.41. The van der Waals surface area contributed by atoms with Crippen molar-refractivity contribution in [3.8, 4) is 5.69 Å². The predicted molar refractivity (Wildman–Crippen MR) is 94.2 cm³/mol. The molecule has 10 heteroatoms. The van der Waals surface area contributed by atoms with Crippen LogP contribution in [0.5, 0.6) is 0 Å². The molecule has 3 rings (SSSR count). The molecule has 1 amide bonds. The highest BCUT2D eigenvalue weighted by atomic mass is 35.5. The average Bonchev–Trinajstić information content (AvgIpc) is 3.23. The molecule has 1 fully saturated rings. The summed E-state index contributed by atoms with van der Waals surface area (Å²) in [5, 5.41) is 7.29. The zero-order valence-electron chi connectivity index (χ0n) is 13.8. The topological polar surface area (TPSA) is 50.2 Å². The number of aromatic nitrogens is 2. The van der Waals surface area contributed by atoms with Crippen molar-refractivity contribution in [3.05, 3.63) is 46.7 Å². The van der Waals surface area contributed by atoms with Gasteiger partial charge in [0, 0.05) is 24.7 Å². The number of hydrogen-bond acceptors (Lipinski definition) is 3. The van der Waals surface area contributed by atoms with Gasteiger partial charge < -0.3 is 10.2 Å². The second-order valence-corrected chi connectivity index (χ2v) is 6.29. The number of nitrogens with one attached hydrogen (secondary N) is 1. The van der Waals surface area contributed by atoms with Crippen LogP contribution in [0.2, 0.25) is 5.02 Å². The molecule has 5 nitrogen and oxygen atoms in total. The molecule has 1 saturated heterocycles. The van der Waals surface area contributed by atoms with E-state index in [0.717, 1.165) is 17.4 Å². The standard InChI is InChI=1S/C16H16ClF3N4O.ClH/c1-23(12-6-7-21-8-12)15(25)13-9-22-24(14(13)16(18,19)20)11-4-2-10(17)3-5-11;/h2-5,9,12,21H,6-8H2,1H3;1H. The van der Waals surface area contributed by atoms with Gasteiger partial charge in [0.05, 0.1) is 17.4 Å². The maximum Gasteiger partial charge on any atom is 0.434 e. The van der Waals surface area contributed by atoms with E-state index in [1.54, 1.807) is 0 Å². The first-order chi connectivity index (χ1) is 11.8. The van der Waals surface area contributed by atoms with Gasteiger partial charge in [-0.05, 0) is 37.2 Å². The van der Waals surface area contributed by atoms with Crippen LogP contribution in [0.15, 0.2) is 30.5 Å². The van der Waals surface area contributed by atoms with E-state index in [9.17, 15) is 18.0 Å². The summed E-state index contributed by atoms with van der Waals surface area (Å²) < 4.78 is 41.6. The highest BCUT2D eigenvalue weighted by molar-refractivity contribution is 6.30. The van der Waals surface area contributed by atoms with E-state index in [1.165, 1.54) is 36.2 Å². The third kappa shape index (κ3) is 3.97. The lowest BCUT2D eigenvalue weighted by molar-refractivity contribution is -0.143. The van der Waals surface area contributed by atoms with E-state index in [4.69, 9.17) is 11.6 Å². The Morgan fingerprint density at radius 2 is 2.00 bits per heavy atom. The first kappa shape index (κ1) is 20.5. The van der Waals surface area contributed by atoms with Crippen LogP contribution in [-0.2, 0) is 6.18 Å². The fraction of sp³-hybridized carbons (Fsp3) is 0.375. The van der Waals surface area contributed by atoms with E-state index >= 15 is 0 Å². The fourth-order valence-corrected chi connectivity index (χ4v) is 3.01. The Morgan fingerprint density at radius 3 is 2.54 bits per heavy atom. The number of nitrogens with zero attached hydrogens (tertiary/aromatic N) is 3. The highest BCUT2D eigenvalue weighted by Crippen LogP contribution is 2.34. The molecular formula is C16H17Cl2F3N4O. The monoisotopic (exact) mass is 408 g/mol. The minimum atomic E-state index is -4.73. The lowest BCUT2D eigenvalue weighted by atomic mass is 10.1. The van der Waals surface area contributed by atoms with Crippen LogP contribution in [0.3, 0.4) is 0 Å². The molecule has 1 atom stereocenters. The Labute approximate surface area is 159 Å². The van der Waals surface area contributed by atoms with E-state index < -0.39 is 23.3 Å². The normalized spacial score (nSPS) is 17.0. The maximum absolute atomic E-state index is 13.6. The lowest BCUT2D eigenvalue weighted by Crippen LogP contribution is -2.39. The molecule has 0 saturated carbocycles. The van der Waals surface area contributed by atoms with Crippen LogP contribution in [0.4, 0.5) is 13.2 Å². The van der Waals surface area contributed by atoms with Gasteiger partial charge in [-0.3, -0.25) is 4.79 Å². The lowest BCUT2D eigenvalue weighted by Gasteiger charge is -2.24. The molecule has 0 aliphatic carbocycles. The Morgan fingerprint density at radius 1 is 1.35 bits per heavy atom. The van der Waals surface area contributed by atoms with Crippen LogP contribution in [-0.4, -0.2) is 46.8 Å². The quantitative estimate of drug-likeness (QED) is 0.846. The summed E-state index contributed by atoms with van der Waals surface area (Å²) in [6, 6.07) is 5.65. The van der Waals surface area contributed by atoms with E-state index in [2.05, 4.69) is 10.4 Å². The Bertz CT molecular complexity index is 771. The molecule has 142 valence electrons. The van der Waals surface area contributed by atoms with Gasteiger partial charge in [0.2, 0.25) is 0 Å². The molecule has 0 radical (unpaired) electrons. The number of benzene rings is 1. The van der Waals surface area contributed by atoms with Crippen molar-refractivity contribution in [2.24, 2.45) is 0 Å². The van der Waals surface area contributed by atoms with Gasteiger partial charge in [-0.25, -0.2) is 4.68 Å². The van der Waals surface area contributed by atoms with Crippen molar-refractivity contribution in [1.29, 1.82) is 0 Å². The number of carbonyl (C=O) groups excluding carboxylic acids is 1. The third-order valence-electron chi connectivity index (χ3n) is 4.24. The first-order valence-corrected chi connectivity index (χ1v) is 8.06. The number of hydrogen-bond donors (Lipinski definition) is 1. The SMILES string of the molecule is CN(C(=O)c1cnn(-c2ccc(Cl)cc2)c1C(F)(F)F)C1CCNC1.Cl. The number of carbonyl (C=O) groups is 1. The van der Waals surface area contributed by atoms with Crippen LogP contribution in [0.25, 0.3) is 5.69 Å². The summed E-state index contributed by atoms with van der Waals surface area (Å²) in [7, 11) is 1.51. The second-order valence-electron chi connectivity index (χ2n) is 5.86. The van der Waals surface area contributed by atoms with Gasteiger partial charge in [-0.2, -0.15) is 18.3 Å². The molecule has 1 aromatic carbocycles. The Hall–Kier alpha value is -1.77.